The number of rotatable bonds is 5. The first-order valence-electron chi connectivity index (χ1n) is 8.56. The smallest absolute Gasteiger partial charge is 0.240 e. The van der Waals surface area contributed by atoms with Gasteiger partial charge in [-0.1, -0.05) is 42.5 Å². The molecule has 3 nitrogen and oxygen atoms in total. The fourth-order valence-electron chi connectivity index (χ4n) is 3.33. The summed E-state index contributed by atoms with van der Waals surface area (Å²) in [4.78, 5) is 15.7. The van der Waals surface area contributed by atoms with Crippen LogP contribution in [-0.2, 0) is 4.79 Å². The van der Waals surface area contributed by atoms with Gasteiger partial charge in [0.2, 0.25) is 5.91 Å². The molecule has 1 aliphatic heterocycles. The standard InChI is InChI=1S/C20H23FN2OS.ClH/c1-14-11-15(12-22)13-23(14)20(24)19(16-7-3-2-4-8-16)25-18-10-6-5-9-17(18)21;/h2-10,14-15,19H,11-13,22H2,1H3;1H. The van der Waals surface area contributed by atoms with E-state index < -0.39 is 5.25 Å². The average Bonchev–Trinajstić information content (AvgIpc) is 3.02. The third-order valence-electron chi connectivity index (χ3n) is 4.69. The molecule has 140 valence electrons. The Morgan fingerprint density at radius 3 is 2.50 bits per heavy atom. The van der Waals surface area contributed by atoms with Crippen LogP contribution in [0.2, 0.25) is 0 Å². The quantitative estimate of drug-likeness (QED) is 0.770. The van der Waals surface area contributed by atoms with E-state index in [1.807, 2.05) is 35.2 Å². The van der Waals surface area contributed by atoms with E-state index in [-0.39, 0.29) is 30.2 Å². The number of nitrogens with two attached hydrogens (primary N) is 1. The lowest BCUT2D eigenvalue weighted by molar-refractivity contribution is -0.131. The molecule has 1 fully saturated rings. The van der Waals surface area contributed by atoms with Crippen LogP contribution in [0.15, 0.2) is 59.5 Å². The summed E-state index contributed by atoms with van der Waals surface area (Å²) >= 11 is 1.28. The van der Waals surface area contributed by atoms with Crippen LogP contribution in [0.25, 0.3) is 0 Å². The topological polar surface area (TPSA) is 46.3 Å². The van der Waals surface area contributed by atoms with Crippen molar-refractivity contribution in [2.24, 2.45) is 11.7 Å². The Hall–Kier alpha value is -1.56. The molecule has 2 N–H and O–H groups in total. The van der Waals surface area contributed by atoms with Crippen LogP contribution in [0.5, 0.6) is 0 Å². The number of thioether (sulfide) groups is 1. The Morgan fingerprint density at radius 1 is 1.23 bits per heavy atom. The van der Waals surface area contributed by atoms with Gasteiger partial charge in [-0.3, -0.25) is 4.79 Å². The number of carbonyl (C=O) groups is 1. The second-order valence-electron chi connectivity index (χ2n) is 6.52. The van der Waals surface area contributed by atoms with E-state index in [9.17, 15) is 9.18 Å². The van der Waals surface area contributed by atoms with Crippen LogP contribution in [-0.4, -0.2) is 29.9 Å². The van der Waals surface area contributed by atoms with Crippen LogP contribution in [0.3, 0.4) is 0 Å². The van der Waals surface area contributed by atoms with E-state index in [1.54, 1.807) is 18.2 Å². The maximum absolute atomic E-state index is 14.1. The van der Waals surface area contributed by atoms with Gasteiger partial charge in [0.1, 0.15) is 11.1 Å². The molecule has 1 aliphatic rings. The molecule has 0 bridgehead atoms. The third kappa shape index (κ3) is 4.58. The molecule has 3 rings (SSSR count). The predicted molar refractivity (Wildman–Crippen MR) is 107 cm³/mol. The van der Waals surface area contributed by atoms with Gasteiger partial charge >= 0.3 is 0 Å². The van der Waals surface area contributed by atoms with Crippen molar-refractivity contribution in [1.82, 2.24) is 4.90 Å². The second kappa shape index (κ2) is 9.40. The van der Waals surface area contributed by atoms with Crippen molar-refractivity contribution in [1.29, 1.82) is 0 Å². The van der Waals surface area contributed by atoms with Crippen molar-refractivity contribution < 1.29 is 9.18 Å². The minimum absolute atomic E-state index is 0. The number of benzene rings is 2. The van der Waals surface area contributed by atoms with Crippen molar-refractivity contribution in [3.63, 3.8) is 0 Å². The highest BCUT2D eigenvalue weighted by Crippen LogP contribution is 2.39. The van der Waals surface area contributed by atoms with E-state index in [2.05, 4.69) is 6.92 Å². The minimum Gasteiger partial charge on any atom is -0.338 e. The van der Waals surface area contributed by atoms with Crippen molar-refractivity contribution in [2.45, 2.75) is 29.5 Å². The highest BCUT2D eigenvalue weighted by atomic mass is 35.5. The molecule has 0 spiro atoms. The number of hydrogen-bond donors (Lipinski definition) is 1. The lowest BCUT2D eigenvalue weighted by Gasteiger charge is -2.27. The average molecular weight is 395 g/mol. The number of hydrogen-bond acceptors (Lipinski definition) is 3. The zero-order valence-corrected chi connectivity index (χ0v) is 16.3. The minimum atomic E-state index is -0.461. The SMILES string of the molecule is CC1CC(CN)CN1C(=O)C(Sc1ccccc1F)c1ccccc1.Cl. The third-order valence-corrected chi connectivity index (χ3v) is 5.98. The summed E-state index contributed by atoms with van der Waals surface area (Å²) < 4.78 is 14.1. The summed E-state index contributed by atoms with van der Waals surface area (Å²) in [5.41, 5.74) is 6.69. The van der Waals surface area contributed by atoms with Crippen LogP contribution in [0.1, 0.15) is 24.2 Å². The monoisotopic (exact) mass is 394 g/mol. The first kappa shape index (κ1) is 20.7. The molecule has 0 aromatic heterocycles. The first-order valence-corrected chi connectivity index (χ1v) is 9.44. The zero-order valence-electron chi connectivity index (χ0n) is 14.7. The molecule has 6 heteroatoms. The lowest BCUT2D eigenvalue weighted by atomic mass is 10.1. The van der Waals surface area contributed by atoms with E-state index in [1.165, 1.54) is 17.8 Å². The summed E-state index contributed by atoms with van der Waals surface area (Å²) in [6.45, 7) is 3.33. The van der Waals surface area contributed by atoms with Crippen LogP contribution in [0.4, 0.5) is 4.39 Å². The van der Waals surface area contributed by atoms with Gasteiger partial charge in [0, 0.05) is 17.5 Å². The Balaban J connectivity index is 0.00000243. The van der Waals surface area contributed by atoms with E-state index in [0.717, 1.165) is 12.0 Å². The summed E-state index contributed by atoms with van der Waals surface area (Å²) in [6.07, 6.45) is 0.925. The first-order chi connectivity index (χ1) is 12.1. The van der Waals surface area contributed by atoms with Crippen LogP contribution >= 0.6 is 24.2 Å². The van der Waals surface area contributed by atoms with Gasteiger partial charge in [-0.15, -0.1) is 24.2 Å². The molecule has 3 atom stereocenters. The maximum atomic E-state index is 14.1. The number of carbonyl (C=O) groups excluding carboxylic acids is 1. The summed E-state index contributed by atoms with van der Waals surface area (Å²) in [7, 11) is 0. The summed E-state index contributed by atoms with van der Waals surface area (Å²) in [5.74, 6) is 0.0762. The molecule has 0 radical (unpaired) electrons. The Labute approximate surface area is 164 Å². The molecule has 2 aromatic rings. The Morgan fingerprint density at radius 2 is 1.88 bits per heavy atom. The largest absolute Gasteiger partial charge is 0.338 e. The normalized spacial score (nSPS) is 20.5. The van der Waals surface area contributed by atoms with Crippen LogP contribution < -0.4 is 5.73 Å². The molecule has 0 aliphatic carbocycles. The van der Waals surface area contributed by atoms with Crippen LogP contribution in [0, 0.1) is 11.7 Å². The molecule has 1 amide bonds. The second-order valence-corrected chi connectivity index (χ2v) is 7.66. The number of likely N-dealkylation sites (tertiary alicyclic amines) is 1. The van der Waals surface area contributed by atoms with E-state index in [0.29, 0.717) is 23.9 Å². The Bertz CT molecular complexity index is 731. The lowest BCUT2D eigenvalue weighted by Crippen LogP contribution is -2.37. The maximum Gasteiger partial charge on any atom is 0.240 e. The molecule has 26 heavy (non-hydrogen) atoms. The van der Waals surface area contributed by atoms with Gasteiger partial charge in [-0.2, -0.15) is 0 Å². The van der Waals surface area contributed by atoms with Crippen molar-refractivity contribution in [3.8, 4) is 0 Å². The molecule has 1 saturated heterocycles. The molecular weight excluding hydrogens is 371 g/mol. The number of amides is 1. The number of nitrogens with zero attached hydrogens (tertiary/aromatic N) is 1. The summed E-state index contributed by atoms with van der Waals surface area (Å²) in [5, 5.41) is -0.461. The number of halogens is 2. The van der Waals surface area contributed by atoms with Gasteiger partial charge in [0.05, 0.1) is 0 Å². The molecule has 0 saturated carbocycles. The highest BCUT2D eigenvalue weighted by Gasteiger charge is 2.36. The molecular formula is C20H24ClFN2OS. The fraction of sp³-hybridized carbons (Fsp3) is 0.350. The van der Waals surface area contributed by atoms with Crippen molar-refractivity contribution >= 4 is 30.1 Å². The molecule has 2 aromatic carbocycles. The molecule has 1 heterocycles. The molecule has 3 unspecified atom stereocenters. The summed E-state index contributed by atoms with van der Waals surface area (Å²) in [6, 6.07) is 16.4. The van der Waals surface area contributed by atoms with Gasteiger partial charge < -0.3 is 10.6 Å². The fourth-order valence-corrected chi connectivity index (χ4v) is 4.45. The van der Waals surface area contributed by atoms with Crippen molar-refractivity contribution in [3.05, 3.63) is 66.0 Å². The van der Waals surface area contributed by atoms with Crippen molar-refractivity contribution in [2.75, 3.05) is 13.1 Å². The van der Waals surface area contributed by atoms with E-state index in [4.69, 9.17) is 5.73 Å². The van der Waals surface area contributed by atoms with Gasteiger partial charge in [-0.05, 0) is 43.5 Å². The highest BCUT2D eigenvalue weighted by molar-refractivity contribution is 8.00. The van der Waals surface area contributed by atoms with Gasteiger partial charge in [0.15, 0.2) is 0 Å². The Kier molecular flexibility index (Phi) is 7.50. The zero-order chi connectivity index (χ0) is 17.8. The van der Waals surface area contributed by atoms with E-state index >= 15 is 0 Å². The predicted octanol–water partition coefficient (Wildman–Crippen LogP) is 4.28. The van der Waals surface area contributed by atoms with Gasteiger partial charge in [0.25, 0.3) is 0 Å². The van der Waals surface area contributed by atoms with Gasteiger partial charge in [-0.25, -0.2) is 4.39 Å².